The average molecular weight is 367 g/mol. The number of thioether (sulfide) groups is 1. The molecule has 0 saturated heterocycles. The van der Waals surface area contributed by atoms with Crippen LogP contribution in [0.15, 0.2) is 72.1 Å². The Morgan fingerprint density at radius 1 is 1.19 bits per heavy atom. The summed E-state index contributed by atoms with van der Waals surface area (Å²) in [5.74, 6) is 1.20. The molecule has 0 saturated carbocycles. The van der Waals surface area contributed by atoms with Gasteiger partial charge in [-0.2, -0.15) is 0 Å². The van der Waals surface area contributed by atoms with Gasteiger partial charge in [0.15, 0.2) is 0 Å². The molecule has 0 radical (unpaired) electrons. The molecule has 0 bridgehead atoms. The first-order valence-corrected chi connectivity index (χ1v) is 9.29. The van der Waals surface area contributed by atoms with E-state index < -0.39 is 0 Å². The Balaban J connectivity index is 1.51. The van der Waals surface area contributed by atoms with E-state index in [1.807, 2.05) is 66.2 Å². The summed E-state index contributed by atoms with van der Waals surface area (Å²) in [6, 6.07) is 15.7. The molecule has 26 heavy (non-hydrogen) atoms. The van der Waals surface area contributed by atoms with E-state index >= 15 is 0 Å². The molecule has 1 N–H and O–H groups in total. The molecule has 3 rings (SSSR count). The Morgan fingerprint density at radius 3 is 2.54 bits per heavy atom. The summed E-state index contributed by atoms with van der Waals surface area (Å²) in [4.78, 5) is 17.3. The highest BCUT2D eigenvalue weighted by Crippen LogP contribution is 2.21. The van der Waals surface area contributed by atoms with Crippen molar-refractivity contribution in [3.8, 4) is 11.4 Å². The topological polar surface area (TPSA) is 56.1 Å². The minimum Gasteiger partial charge on any atom is -0.497 e. The number of aromatic nitrogens is 2. The van der Waals surface area contributed by atoms with Crippen molar-refractivity contribution in [1.82, 2.24) is 14.9 Å². The Morgan fingerprint density at radius 2 is 1.92 bits per heavy atom. The molecular weight excluding hydrogens is 346 g/mol. The predicted molar refractivity (Wildman–Crippen MR) is 104 cm³/mol. The molecule has 0 spiro atoms. The smallest absolute Gasteiger partial charge is 0.230 e. The van der Waals surface area contributed by atoms with Gasteiger partial charge in [0.1, 0.15) is 5.75 Å². The van der Waals surface area contributed by atoms with Gasteiger partial charge in [0.25, 0.3) is 0 Å². The molecule has 1 atom stereocenters. The second kappa shape index (κ2) is 8.58. The van der Waals surface area contributed by atoms with E-state index in [-0.39, 0.29) is 11.9 Å². The molecule has 2 aromatic carbocycles. The number of imidazole rings is 1. The van der Waals surface area contributed by atoms with Gasteiger partial charge in [-0.15, -0.1) is 11.8 Å². The summed E-state index contributed by atoms with van der Waals surface area (Å²) in [5.41, 5.74) is 2.11. The maximum Gasteiger partial charge on any atom is 0.230 e. The molecule has 1 heterocycles. The van der Waals surface area contributed by atoms with Crippen LogP contribution in [-0.4, -0.2) is 28.3 Å². The minimum absolute atomic E-state index is 0.0111. The molecule has 3 aromatic rings. The Kier molecular flexibility index (Phi) is 5.96. The molecule has 0 aliphatic rings. The van der Waals surface area contributed by atoms with Crippen molar-refractivity contribution in [2.75, 3.05) is 12.9 Å². The molecule has 1 aromatic heterocycles. The van der Waals surface area contributed by atoms with E-state index in [1.54, 1.807) is 19.6 Å². The van der Waals surface area contributed by atoms with E-state index in [0.717, 1.165) is 21.9 Å². The lowest BCUT2D eigenvalue weighted by atomic mass is 10.1. The summed E-state index contributed by atoms with van der Waals surface area (Å²) in [6.07, 6.45) is 5.41. The van der Waals surface area contributed by atoms with Gasteiger partial charge in [-0.25, -0.2) is 4.98 Å². The lowest BCUT2D eigenvalue weighted by Gasteiger charge is -2.15. The van der Waals surface area contributed by atoms with Gasteiger partial charge in [-0.3, -0.25) is 4.79 Å². The van der Waals surface area contributed by atoms with Gasteiger partial charge < -0.3 is 14.6 Å². The van der Waals surface area contributed by atoms with Crippen LogP contribution in [0.1, 0.15) is 18.5 Å². The van der Waals surface area contributed by atoms with Crippen molar-refractivity contribution in [3.63, 3.8) is 0 Å². The minimum atomic E-state index is -0.0456. The fraction of sp³-hybridized carbons (Fsp3) is 0.200. The highest BCUT2D eigenvalue weighted by molar-refractivity contribution is 8.00. The fourth-order valence-corrected chi connectivity index (χ4v) is 3.24. The summed E-state index contributed by atoms with van der Waals surface area (Å²) >= 11 is 1.51. The summed E-state index contributed by atoms with van der Waals surface area (Å²) < 4.78 is 7.08. The molecule has 0 aliphatic carbocycles. The zero-order valence-corrected chi connectivity index (χ0v) is 15.6. The number of hydrogen-bond acceptors (Lipinski definition) is 4. The van der Waals surface area contributed by atoms with E-state index in [1.165, 1.54) is 11.8 Å². The number of nitrogens with zero attached hydrogens (tertiary/aromatic N) is 2. The van der Waals surface area contributed by atoms with E-state index in [4.69, 9.17) is 4.74 Å². The lowest BCUT2D eigenvalue weighted by Crippen LogP contribution is -2.28. The average Bonchev–Trinajstić information content (AvgIpc) is 3.21. The van der Waals surface area contributed by atoms with Crippen LogP contribution in [0.2, 0.25) is 0 Å². The fourth-order valence-electron chi connectivity index (χ4n) is 2.53. The standard InChI is InChI=1S/C20H21N3O2S/c1-15(16-3-5-17(6-4-16)23-12-11-21-14-23)22-20(24)13-26-19-9-7-18(25-2)8-10-19/h3-12,14-15H,13H2,1-2H3,(H,22,24). The van der Waals surface area contributed by atoms with Crippen molar-refractivity contribution in [1.29, 1.82) is 0 Å². The van der Waals surface area contributed by atoms with Crippen LogP contribution in [0, 0.1) is 0 Å². The van der Waals surface area contributed by atoms with Gasteiger partial charge in [0, 0.05) is 23.0 Å². The van der Waals surface area contributed by atoms with Crippen LogP contribution in [0.5, 0.6) is 5.75 Å². The Hall–Kier alpha value is -2.73. The largest absolute Gasteiger partial charge is 0.497 e. The number of carbonyl (C=O) groups is 1. The third kappa shape index (κ3) is 4.67. The lowest BCUT2D eigenvalue weighted by molar-refractivity contribution is -0.119. The molecule has 0 fully saturated rings. The summed E-state index contributed by atoms with van der Waals surface area (Å²) in [5, 5.41) is 3.04. The number of benzene rings is 2. The molecule has 0 aliphatic heterocycles. The normalized spacial score (nSPS) is 11.8. The highest BCUT2D eigenvalue weighted by atomic mass is 32.2. The molecular formula is C20H21N3O2S. The quantitative estimate of drug-likeness (QED) is 0.645. The third-order valence-corrected chi connectivity index (χ3v) is 5.01. The van der Waals surface area contributed by atoms with Crippen molar-refractivity contribution >= 4 is 17.7 Å². The van der Waals surface area contributed by atoms with Gasteiger partial charge in [0.2, 0.25) is 5.91 Å². The number of ether oxygens (including phenoxy) is 1. The van der Waals surface area contributed by atoms with Crippen molar-refractivity contribution in [2.24, 2.45) is 0 Å². The van der Waals surface area contributed by atoms with Crippen LogP contribution in [0.4, 0.5) is 0 Å². The van der Waals surface area contributed by atoms with E-state index in [0.29, 0.717) is 5.75 Å². The number of amides is 1. The number of methoxy groups -OCH3 is 1. The third-order valence-electron chi connectivity index (χ3n) is 4.00. The number of carbonyl (C=O) groups excluding carboxylic acids is 1. The van der Waals surface area contributed by atoms with Crippen LogP contribution >= 0.6 is 11.8 Å². The first-order chi connectivity index (χ1) is 12.7. The summed E-state index contributed by atoms with van der Waals surface area (Å²) in [7, 11) is 1.64. The molecule has 6 heteroatoms. The van der Waals surface area contributed by atoms with Crippen molar-refractivity contribution in [2.45, 2.75) is 17.9 Å². The van der Waals surface area contributed by atoms with Crippen molar-refractivity contribution in [3.05, 3.63) is 72.8 Å². The molecule has 134 valence electrons. The number of nitrogens with one attached hydrogen (secondary N) is 1. The van der Waals surface area contributed by atoms with Crippen LogP contribution in [-0.2, 0) is 4.79 Å². The maximum atomic E-state index is 12.2. The second-order valence-corrected chi connectivity index (χ2v) is 6.86. The van der Waals surface area contributed by atoms with Gasteiger partial charge in [-0.1, -0.05) is 12.1 Å². The number of hydrogen-bond donors (Lipinski definition) is 1. The molecule has 1 amide bonds. The van der Waals surface area contributed by atoms with Crippen LogP contribution in [0.25, 0.3) is 5.69 Å². The highest BCUT2D eigenvalue weighted by Gasteiger charge is 2.10. The molecule has 5 nitrogen and oxygen atoms in total. The van der Waals surface area contributed by atoms with E-state index in [9.17, 15) is 4.79 Å². The van der Waals surface area contributed by atoms with Gasteiger partial charge in [-0.05, 0) is 48.9 Å². The zero-order chi connectivity index (χ0) is 18.4. The van der Waals surface area contributed by atoms with Gasteiger partial charge in [0.05, 0.1) is 25.2 Å². The van der Waals surface area contributed by atoms with Crippen LogP contribution in [0.3, 0.4) is 0 Å². The van der Waals surface area contributed by atoms with E-state index in [2.05, 4.69) is 10.3 Å². The van der Waals surface area contributed by atoms with Crippen LogP contribution < -0.4 is 10.1 Å². The first kappa shape index (κ1) is 18.1. The SMILES string of the molecule is COc1ccc(SCC(=O)NC(C)c2ccc(-n3ccnc3)cc2)cc1. The maximum absolute atomic E-state index is 12.2. The first-order valence-electron chi connectivity index (χ1n) is 8.30. The van der Waals surface area contributed by atoms with Gasteiger partial charge >= 0.3 is 0 Å². The second-order valence-electron chi connectivity index (χ2n) is 5.81. The predicted octanol–water partition coefficient (Wildman–Crippen LogP) is 3.85. The van der Waals surface area contributed by atoms with Crippen molar-refractivity contribution < 1.29 is 9.53 Å². The summed E-state index contributed by atoms with van der Waals surface area (Å²) in [6.45, 7) is 1.99. The zero-order valence-electron chi connectivity index (χ0n) is 14.8. The Labute approximate surface area is 157 Å². The number of rotatable bonds is 7. The monoisotopic (exact) mass is 367 g/mol. The molecule has 1 unspecified atom stereocenters. The Bertz CT molecular complexity index is 831.